The second kappa shape index (κ2) is 7.56. The second-order valence-electron chi connectivity index (χ2n) is 5.97. The van der Waals surface area contributed by atoms with Crippen molar-refractivity contribution in [3.63, 3.8) is 0 Å². The Morgan fingerprint density at radius 1 is 1.17 bits per heavy atom. The van der Waals surface area contributed by atoms with E-state index in [2.05, 4.69) is 29.2 Å². The predicted molar refractivity (Wildman–Crippen MR) is 88.7 cm³/mol. The summed E-state index contributed by atoms with van der Waals surface area (Å²) in [5, 5.41) is 3.51. The van der Waals surface area contributed by atoms with Crippen molar-refractivity contribution in [1.82, 2.24) is 10.2 Å². The number of guanidine groups is 1. The van der Waals surface area contributed by atoms with E-state index in [1.165, 1.54) is 45.1 Å². The number of halogens is 1. The lowest BCUT2D eigenvalue weighted by molar-refractivity contribution is 0.250. The molecule has 0 atom stereocenters. The lowest BCUT2D eigenvalue weighted by Crippen LogP contribution is -2.42. The second-order valence-corrected chi connectivity index (χ2v) is 5.97. The Bertz CT molecular complexity index is 268. The van der Waals surface area contributed by atoms with Crippen molar-refractivity contribution in [2.45, 2.75) is 51.5 Å². The zero-order valence-corrected chi connectivity index (χ0v) is 14.3. The third-order valence-electron chi connectivity index (χ3n) is 4.15. The van der Waals surface area contributed by atoms with Crippen LogP contribution in [0.5, 0.6) is 0 Å². The lowest BCUT2D eigenvalue weighted by atomic mass is 9.83. The molecule has 3 nitrogen and oxygen atoms in total. The summed E-state index contributed by atoms with van der Waals surface area (Å²) in [5.41, 5.74) is 0. The highest BCUT2D eigenvalue weighted by Crippen LogP contribution is 2.28. The summed E-state index contributed by atoms with van der Waals surface area (Å²) in [6.07, 6.45) is 8.24. The number of nitrogens with one attached hydrogen (secondary N) is 1. The molecule has 0 spiro atoms. The molecule has 0 aromatic rings. The molecular formula is C14H28IN3. The summed E-state index contributed by atoms with van der Waals surface area (Å²) in [7, 11) is 4.07. The van der Waals surface area contributed by atoms with Crippen LogP contribution in [-0.4, -0.2) is 37.5 Å². The molecule has 0 radical (unpaired) electrons. The maximum Gasteiger partial charge on any atom is 0.193 e. The molecule has 106 valence electrons. The third-order valence-corrected chi connectivity index (χ3v) is 4.15. The molecule has 0 unspecified atom stereocenters. The van der Waals surface area contributed by atoms with Crippen LogP contribution in [0.3, 0.4) is 0 Å². The van der Waals surface area contributed by atoms with Crippen LogP contribution in [0.2, 0.25) is 0 Å². The molecule has 2 aliphatic rings. The average Bonchev–Trinajstić information content (AvgIpc) is 3.13. The van der Waals surface area contributed by atoms with Gasteiger partial charge in [-0.15, -0.1) is 24.0 Å². The van der Waals surface area contributed by atoms with Crippen molar-refractivity contribution < 1.29 is 0 Å². The van der Waals surface area contributed by atoms with E-state index in [-0.39, 0.29) is 24.0 Å². The van der Waals surface area contributed by atoms with Crippen LogP contribution >= 0.6 is 24.0 Å². The molecule has 0 saturated heterocycles. The quantitative estimate of drug-likeness (QED) is 0.473. The fourth-order valence-corrected chi connectivity index (χ4v) is 2.74. The van der Waals surface area contributed by atoms with Crippen molar-refractivity contribution in [2.75, 3.05) is 20.6 Å². The van der Waals surface area contributed by atoms with Gasteiger partial charge in [0.1, 0.15) is 0 Å². The fourth-order valence-electron chi connectivity index (χ4n) is 2.74. The molecule has 4 heteroatoms. The molecule has 0 heterocycles. The molecule has 2 rings (SSSR count). The minimum atomic E-state index is 0. The molecule has 0 aliphatic heterocycles. The van der Waals surface area contributed by atoms with E-state index in [1.807, 2.05) is 7.05 Å². The van der Waals surface area contributed by atoms with Gasteiger partial charge in [0, 0.05) is 26.7 Å². The van der Waals surface area contributed by atoms with Gasteiger partial charge in [-0.25, -0.2) is 0 Å². The number of hydrogen-bond donors (Lipinski definition) is 1. The zero-order chi connectivity index (χ0) is 12.3. The summed E-state index contributed by atoms with van der Waals surface area (Å²) in [6.45, 7) is 3.55. The first-order valence-corrected chi connectivity index (χ1v) is 7.13. The summed E-state index contributed by atoms with van der Waals surface area (Å²) in [5.74, 6) is 2.90. The topological polar surface area (TPSA) is 27.6 Å². The average molecular weight is 365 g/mol. The van der Waals surface area contributed by atoms with E-state index in [4.69, 9.17) is 0 Å². The minimum Gasteiger partial charge on any atom is -0.354 e. The van der Waals surface area contributed by atoms with Crippen LogP contribution in [0.25, 0.3) is 0 Å². The zero-order valence-electron chi connectivity index (χ0n) is 12.0. The normalized spacial score (nSPS) is 28.5. The van der Waals surface area contributed by atoms with Gasteiger partial charge in [-0.1, -0.05) is 19.8 Å². The SMILES string of the molecule is CN=C(NC1CC1)N(C)CC1CCC(C)CC1.I. The van der Waals surface area contributed by atoms with E-state index >= 15 is 0 Å². The highest BCUT2D eigenvalue weighted by Gasteiger charge is 2.25. The van der Waals surface area contributed by atoms with Gasteiger partial charge in [0.05, 0.1) is 0 Å². The summed E-state index contributed by atoms with van der Waals surface area (Å²) < 4.78 is 0. The highest BCUT2D eigenvalue weighted by molar-refractivity contribution is 14.0. The van der Waals surface area contributed by atoms with Gasteiger partial charge in [-0.2, -0.15) is 0 Å². The van der Waals surface area contributed by atoms with E-state index < -0.39 is 0 Å². The maximum absolute atomic E-state index is 4.38. The van der Waals surface area contributed by atoms with Gasteiger partial charge in [-0.05, 0) is 37.5 Å². The Morgan fingerprint density at radius 3 is 2.28 bits per heavy atom. The van der Waals surface area contributed by atoms with Gasteiger partial charge in [-0.3, -0.25) is 4.99 Å². The van der Waals surface area contributed by atoms with Gasteiger partial charge in [0.2, 0.25) is 0 Å². The molecule has 2 fully saturated rings. The molecule has 0 aromatic heterocycles. The monoisotopic (exact) mass is 365 g/mol. The molecule has 0 bridgehead atoms. The van der Waals surface area contributed by atoms with Crippen molar-refractivity contribution in [3.05, 3.63) is 0 Å². The van der Waals surface area contributed by atoms with E-state index in [9.17, 15) is 0 Å². The summed E-state index contributed by atoms with van der Waals surface area (Å²) in [4.78, 5) is 6.70. The van der Waals surface area contributed by atoms with Crippen molar-refractivity contribution in [1.29, 1.82) is 0 Å². The Hall–Kier alpha value is 0. The van der Waals surface area contributed by atoms with Crippen LogP contribution in [-0.2, 0) is 0 Å². The van der Waals surface area contributed by atoms with Gasteiger partial charge < -0.3 is 10.2 Å². The molecular weight excluding hydrogens is 337 g/mol. The lowest BCUT2D eigenvalue weighted by Gasteiger charge is -2.31. The van der Waals surface area contributed by atoms with Crippen LogP contribution in [0, 0.1) is 11.8 Å². The number of hydrogen-bond acceptors (Lipinski definition) is 1. The van der Waals surface area contributed by atoms with Crippen LogP contribution in [0.1, 0.15) is 45.4 Å². The number of aliphatic imine (C=N–C) groups is 1. The van der Waals surface area contributed by atoms with Crippen LogP contribution < -0.4 is 5.32 Å². The Balaban J connectivity index is 0.00000162. The Kier molecular flexibility index (Phi) is 6.74. The highest BCUT2D eigenvalue weighted by atomic mass is 127. The summed E-state index contributed by atoms with van der Waals surface area (Å²) in [6, 6.07) is 0.697. The maximum atomic E-state index is 4.38. The first-order chi connectivity index (χ1) is 8.19. The van der Waals surface area contributed by atoms with Crippen molar-refractivity contribution in [3.8, 4) is 0 Å². The molecule has 2 aliphatic carbocycles. The molecule has 1 N–H and O–H groups in total. The molecule has 18 heavy (non-hydrogen) atoms. The van der Waals surface area contributed by atoms with Gasteiger partial charge in [0.15, 0.2) is 5.96 Å². The van der Waals surface area contributed by atoms with Crippen LogP contribution in [0.4, 0.5) is 0 Å². The smallest absolute Gasteiger partial charge is 0.193 e. The predicted octanol–water partition coefficient (Wildman–Crippen LogP) is 3.10. The first-order valence-electron chi connectivity index (χ1n) is 7.13. The third kappa shape index (κ3) is 4.94. The van der Waals surface area contributed by atoms with E-state index in [1.54, 1.807) is 0 Å². The molecule has 0 amide bonds. The van der Waals surface area contributed by atoms with E-state index in [0.717, 1.165) is 17.8 Å². The Morgan fingerprint density at radius 2 is 1.78 bits per heavy atom. The standard InChI is InChI=1S/C14H27N3.HI/c1-11-4-6-12(7-5-11)10-17(3)14(15-2)16-13-8-9-13;/h11-13H,4-10H2,1-3H3,(H,15,16);1H. The fraction of sp³-hybridized carbons (Fsp3) is 0.929. The number of rotatable bonds is 3. The first kappa shape index (κ1) is 16.1. The molecule has 2 saturated carbocycles. The largest absolute Gasteiger partial charge is 0.354 e. The minimum absolute atomic E-state index is 0. The van der Waals surface area contributed by atoms with Crippen LogP contribution in [0.15, 0.2) is 4.99 Å². The Labute approximate surface area is 129 Å². The van der Waals surface area contributed by atoms with Crippen molar-refractivity contribution in [2.24, 2.45) is 16.8 Å². The number of nitrogens with zero attached hydrogens (tertiary/aromatic N) is 2. The van der Waals surface area contributed by atoms with E-state index in [0.29, 0.717) is 6.04 Å². The van der Waals surface area contributed by atoms with Gasteiger partial charge in [0.25, 0.3) is 0 Å². The van der Waals surface area contributed by atoms with Gasteiger partial charge >= 0.3 is 0 Å². The molecule has 0 aromatic carbocycles. The summed E-state index contributed by atoms with van der Waals surface area (Å²) >= 11 is 0. The van der Waals surface area contributed by atoms with Crippen molar-refractivity contribution >= 4 is 29.9 Å².